The first-order valence-electron chi connectivity index (χ1n) is 4.48. The molecule has 74 valence electrons. The molecule has 0 radical (unpaired) electrons. The van der Waals surface area contributed by atoms with Crippen molar-refractivity contribution in [1.82, 2.24) is 0 Å². The fraction of sp³-hybridized carbons (Fsp3) is 0.455. The number of hydrogen-bond donors (Lipinski definition) is 1. The minimum atomic E-state index is 0. The predicted octanol–water partition coefficient (Wildman–Crippen LogP) is 3.14. The van der Waals surface area contributed by atoms with E-state index in [2.05, 4.69) is 39.0 Å². The molecule has 0 aliphatic rings. The van der Waals surface area contributed by atoms with Gasteiger partial charge in [0.15, 0.2) is 0 Å². The molecule has 1 aromatic rings. The van der Waals surface area contributed by atoms with Gasteiger partial charge in [0.25, 0.3) is 0 Å². The van der Waals surface area contributed by atoms with Crippen molar-refractivity contribution in [2.45, 2.75) is 33.2 Å². The van der Waals surface area contributed by atoms with E-state index in [4.69, 9.17) is 5.73 Å². The normalized spacial score (nSPS) is 12.0. The Morgan fingerprint density at radius 2 is 1.69 bits per heavy atom. The van der Waals surface area contributed by atoms with Crippen molar-refractivity contribution < 1.29 is 0 Å². The lowest BCUT2D eigenvalue weighted by atomic mass is 9.95. The van der Waals surface area contributed by atoms with Crippen LogP contribution in [0.5, 0.6) is 0 Å². The van der Waals surface area contributed by atoms with Crippen molar-refractivity contribution in [3.05, 3.63) is 34.9 Å². The van der Waals surface area contributed by atoms with Gasteiger partial charge in [0.2, 0.25) is 0 Å². The number of hydrogen-bond acceptors (Lipinski definition) is 1. The standard InChI is InChI=1S/C11H17N.ClH/c1-4-10(12)11-8(2)6-5-7-9(11)3;/h5-7,10H,4,12H2,1-3H3;1H/t10-;/m0./s1. The van der Waals surface area contributed by atoms with Crippen LogP contribution >= 0.6 is 12.4 Å². The summed E-state index contributed by atoms with van der Waals surface area (Å²) in [7, 11) is 0. The molecule has 1 aromatic carbocycles. The number of halogens is 1. The Morgan fingerprint density at radius 1 is 1.23 bits per heavy atom. The Labute approximate surface area is 86.7 Å². The Balaban J connectivity index is 0.00000144. The van der Waals surface area contributed by atoms with Crippen LogP contribution in [0, 0.1) is 13.8 Å². The van der Waals surface area contributed by atoms with Crippen molar-refractivity contribution in [1.29, 1.82) is 0 Å². The summed E-state index contributed by atoms with van der Waals surface area (Å²) in [4.78, 5) is 0. The molecular formula is C11H18ClN. The average molecular weight is 200 g/mol. The van der Waals surface area contributed by atoms with Gasteiger partial charge >= 0.3 is 0 Å². The smallest absolute Gasteiger partial charge is 0.0297 e. The van der Waals surface area contributed by atoms with Gasteiger partial charge in [-0.1, -0.05) is 25.1 Å². The molecule has 1 atom stereocenters. The number of aryl methyl sites for hydroxylation is 2. The topological polar surface area (TPSA) is 26.0 Å². The molecule has 0 saturated heterocycles. The SMILES string of the molecule is CC[C@H](N)c1c(C)cccc1C.Cl. The molecule has 0 heterocycles. The second-order valence-electron chi connectivity index (χ2n) is 3.32. The quantitative estimate of drug-likeness (QED) is 0.778. The van der Waals surface area contributed by atoms with Gasteiger partial charge in [-0.05, 0) is 37.0 Å². The Morgan fingerprint density at radius 3 is 2.08 bits per heavy atom. The van der Waals surface area contributed by atoms with E-state index in [1.807, 2.05) is 0 Å². The highest BCUT2D eigenvalue weighted by atomic mass is 35.5. The van der Waals surface area contributed by atoms with Gasteiger partial charge in [0.1, 0.15) is 0 Å². The van der Waals surface area contributed by atoms with E-state index >= 15 is 0 Å². The van der Waals surface area contributed by atoms with Crippen molar-refractivity contribution in [2.24, 2.45) is 5.73 Å². The zero-order valence-electron chi connectivity index (χ0n) is 8.50. The van der Waals surface area contributed by atoms with E-state index < -0.39 is 0 Å². The molecule has 2 N–H and O–H groups in total. The van der Waals surface area contributed by atoms with Crippen LogP contribution in [0.15, 0.2) is 18.2 Å². The molecule has 0 fully saturated rings. The highest BCUT2D eigenvalue weighted by Gasteiger charge is 2.08. The zero-order chi connectivity index (χ0) is 9.14. The summed E-state index contributed by atoms with van der Waals surface area (Å²) in [6.45, 7) is 6.37. The van der Waals surface area contributed by atoms with Gasteiger partial charge in [0.05, 0.1) is 0 Å². The Bertz CT molecular complexity index is 251. The van der Waals surface area contributed by atoms with Crippen LogP contribution in [0.4, 0.5) is 0 Å². The summed E-state index contributed by atoms with van der Waals surface area (Å²) in [6.07, 6.45) is 1.01. The molecule has 0 bridgehead atoms. The van der Waals surface area contributed by atoms with E-state index in [0.717, 1.165) is 6.42 Å². The molecule has 0 amide bonds. The van der Waals surface area contributed by atoms with Crippen LogP contribution in [-0.4, -0.2) is 0 Å². The van der Waals surface area contributed by atoms with Gasteiger partial charge in [-0.25, -0.2) is 0 Å². The monoisotopic (exact) mass is 199 g/mol. The molecule has 13 heavy (non-hydrogen) atoms. The van der Waals surface area contributed by atoms with Crippen LogP contribution in [0.2, 0.25) is 0 Å². The fourth-order valence-corrected chi connectivity index (χ4v) is 1.62. The maximum atomic E-state index is 6.00. The number of rotatable bonds is 2. The highest BCUT2D eigenvalue weighted by molar-refractivity contribution is 5.85. The Kier molecular flexibility index (Phi) is 5.04. The first-order valence-corrected chi connectivity index (χ1v) is 4.48. The third-order valence-corrected chi connectivity index (χ3v) is 2.35. The van der Waals surface area contributed by atoms with Gasteiger partial charge in [-0.2, -0.15) is 0 Å². The lowest BCUT2D eigenvalue weighted by Gasteiger charge is -2.15. The maximum absolute atomic E-state index is 6.00. The molecular weight excluding hydrogens is 182 g/mol. The van der Waals surface area contributed by atoms with E-state index in [1.54, 1.807) is 0 Å². The molecule has 0 spiro atoms. The summed E-state index contributed by atoms with van der Waals surface area (Å²) >= 11 is 0. The van der Waals surface area contributed by atoms with E-state index in [9.17, 15) is 0 Å². The zero-order valence-corrected chi connectivity index (χ0v) is 9.32. The Hall–Kier alpha value is -0.530. The van der Waals surface area contributed by atoms with Gasteiger partial charge in [0, 0.05) is 6.04 Å². The van der Waals surface area contributed by atoms with Crippen LogP contribution in [0.25, 0.3) is 0 Å². The summed E-state index contributed by atoms with van der Waals surface area (Å²) in [5.41, 5.74) is 9.93. The van der Waals surface area contributed by atoms with Crippen molar-refractivity contribution in [2.75, 3.05) is 0 Å². The maximum Gasteiger partial charge on any atom is 0.0297 e. The minimum absolute atomic E-state index is 0. The van der Waals surface area contributed by atoms with Gasteiger partial charge < -0.3 is 5.73 Å². The van der Waals surface area contributed by atoms with Crippen molar-refractivity contribution in [3.63, 3.8) is 0 Å². The fourth-order valence-electron chi connectivity index (χ4n) is 1.62. The lowest BCUT2D eigenvalue weighted by Crippen LogP contribution is -2.11. The van der Waals surface area contributed by atoms with Crippen LogP contribution in [-0.2, 0) is 0 Å². The number of benzene rings is 1. The van der Waals surface area contributed by atoms with Gasteiger partial charge in [-0.15, -0.1) is 12.4 Å². The molecule has 0 aliphatic heterocycles. The summed E-state index contributed by atoms with van der Waals surface area (Å²) in [5, 5.41) is 0. The van der Waals surface area contributed by atoms with E-state index in [-0.39, 0.29) is 18.4 Å². The third kappa shape index (κ3) is 2.71. The largest absolute Gasteiger partial charge is 0.324 e. The van der Waals surface area contributed by atoms with E-state index in [1.165, 1.54) is 16.7 Å². The molecule has 1 rings (SSSR count). The van der Waals surface area contributed by atoms with Gasteiger partial charge in [-0.3, -0.25) is 0 Å². The predicted molar refractivity (Wildman–Crippen MR) is 60.4 cm³/mol. The molecule has 1 nitrogen and oxygen atoms in total. The molecule has 0 aromatic heterocycles. The lowest BCUT2D eigenvalue weighted by molar-refractivity contribution is 0.689. The average Bonchev–Trinajstić information content (AvgIpc) is 2.03. The number of nitrogens with two attached hydrogens (primary N) is 1. The second kappa shape index (κ2) is 5.25. The van der Waals surface area contributed by atoms with E-state index in [0.29, 0.717) is 0 Å². The first-order chi connectivity index (χ1) is 5.66. The molecule has 0 aliphatic carbocycles. The van der Waals surface area contributed by atoms with Crippen molar-refractivity contribution in [3.8, 4) is 0 Å². The molecule has 2 heteroatoms. The molecule has 0 saturated carbocycles. The molecule has 0 unspecified atom stereocenters. The summed E-state index contributed by atoms with van der Waals surface area (Å²) in [6, 6.07) is 6.53. The second-order valence-corrected chi connectivity index (χ2v) is 3.32. The van der Waals surface area contributed by atoms with Crippen LogP contribution in [0.3, 0.4) is 0 Å². The summed E-state index contributed by atoms with van der Waals surface area (Å²) < 4.78 is 0. The van der Waals surface area contributed by atoms with Crippen LogP contribution < -0.4 is 5.73 Å². The summed E-state index contributed by atoms with van der Waals surface area (Å²) in [5.74, 6) is 0. The van der Waals surface area contributed by atoms with Crippen LogP contribution in [0.1, 0.15) is 36.1 Å². The van der Waals surface area contributed by atoms with Crippen molar-refractivity contribution >= 4 is 12.4 Å². The minimum Gasteiger partial charge on any atom is -0.324 e. The third-order valence-electron chi connectivity index (χ3n) is 2.35. The first kappa shape index (κ1) is 12.5. The highest BCUT2D eigenvalue weighted by Crippen LogP contribution is 2.21.